The van der Waals surface area contributed by atoms with Crippen molar-refractivity contribution in [1.82, 2.24) is 15.5 Å². The summed E-state index contributed by atoms with van der Waals surface area (Å²) < 4.78 is 5.86. The molecular weight excluding hydrogens is 398 g/mol. The summed E-state index contributed by atoms with van der Waals surface area (Å²) >= 11 is 0. The number of hydrogen-bond acceptors (Lipinski definition) is 4. The molecule has 0 radical (unpaired) electrons. The lowest BCUT2D eigenvalue weighted by Gasteiger charge is -2.22. The molecule has 6 nitrogen and oxygen atoms in total. The number of rotatable bonds is 10. The predicted octanol–water partition coefficient (Wildman–Crippen LogP) is 4.04. The number of benzene rings is 2. The van der Waals surface area contributed by atoms with Crippen LogP contribution >= 0.6 is 0 Å². The smallest absolute Gasteiger partial charge is 0.192 e. The van der Waals surface area contributed by atoms with Crippen LogP contribution in [0.3, 0.4) is 0 Å². The number of nitrogens with one attached hydrogen (secondary N) is 2. The molecule has 1 heterocycles. The van der Waals surface area contributed by atoms with Gasteiger partial charge in [-0.05, 0) is 76.2 Å². The van der Waals surface area contributed by atoms with E-state index in [1.54, 1.807) is 0 Å². The van der Waals surface area contributed by atoms with Gasteiger partial charge in [0.1, 0.15) is 12.4 Å². The van der Waals surface area contributed by atoms with E-state index in [4.69, 9.17) is 9.73 Å². The summed E-state index contributed by atoms with van der Waals surface area (Å²) in [5.41, 5.74) is 3.73. The second-order valence-corrected chi connectivity index (χ2v) is 8.65. The first-order valence-electron chi connectivity index (χ1n) is 11.8. The molecule has 1 atom stereocenters. The Kier molecular flexibility index (Phi) is 9.23. The van der Waals surface area contributed by atoms with Gasteiger partial charge in [-0.3, -0.25) is 0 Å². The van der Waals surface area contributed by atoms with E-state index in [1.807, 2.05) is 26.2 Å². The van der Waals surface area contributed by atoms with Gasteiger partial charge < -0.3 is 25.2 Å². The standard InChI is InChI=1S/C26H39N5O/c1-5-27-26(28-20-22-10-8-13-25(18-22)32-17-16-30(3)4)29-21(2)23-11-9-12-24(19-23)31-14-6-7-15-31/h8-13,18-19,21H,5-7,14-17,20H2,1-4H3,(H2,27,28,29). The number of likely N-dealkylation sites (N-methyl/N-ethyl adjacent to an activating group) is 1. The highest BCUT2D eigenvalue weighted by Gasteiger charge is 2.14. The third-order valence-electron chi connectivity index (χ3n) is 5.66. The van der Waals surface area contributed by atoms with Crippen molar-refractivity contribution in [3.05, 3.63) is 59.7 Å². The van der Waals surface area contributed by atoms with Crippen LogP contribution in [-0.4, -0.2) is 57.7 Å². The average Bonchev–Trinajstić information content (AvgIpc) is 3.33. The molecule has 0 amide bonds. The monoisotopic (exact) mass is 437 g/mol. The van der Waals surface area contributed by atoms with Crippen molar-refractivity contribution in [2.24, 2.45) is 4.99 Å². The number of anilines is 1. The summed E-state index contributed by atoms with van der Waals surface area (Å²) in [6, 6.07) is 17.2. The number of aliphatic imine (C=N–C) groups is 1. The fourth-order valence-corrected chi connectivity index (χ4v) is 3.82. The highest BCUT2D eigenvalue weighted by molar-refractivity contribution is 5.80. The lowest BCUT2D eigenvalue weighted by molar-refractivity contribution is 0.261. The van der Waals surface area contributed by atoms with E-state index in [1.165, 1.54) is 24.1 Å². The van der Waals surface area contributed by atoms with Crippen molar-refractivity contribution < 1.29 is 4.74 Å². The Hall–Kier alpha value is -2.73. The largest absolute Gasteiger partial charge is 0.492 e. The molecule has 174 valence electrons. The molecule has 3 rings (SSSR count). The maximum Gasteiger partial charge on any atom is 0.192 e. The quantitative estimate of drug-likeness (QED) is 0.434. The lowest BCUT2D eigenvalue weighted by atomic mass is 10.1. The van der Waals surface area contributed by atoms with E-state index in [-0.39, 0.29) is 6.04 Å². The molecule has 1 unspecified atom stereocenters. The minimum atomic E-state index is 0.163. The highest BCUT2D eigenvalue weighted by atomic mass is 16.5. The van der Waals surface area contributed by atoms with Gasteiger partial charge in [0.25, 0.3) is 0 Å². The normalized spacial score (nSPS) is 15.2. The molecular formula is C26H39N5O. The van der Waals surface area contributed by atoms with Crippen LogP contribution in [0.4, 0.5) is 5.69 Å². The maximum absolute atomic E-state index is 5.86. The fourth-order valence-electron chi connectivity index (χ4n) is 3.82. The van der Waals surface area contributed by atoms with Crippen molar-refractivity contribution in [3.63, 3.8) is 0 Å². The third kappa shape index (κ3) is 7.45. The minimum absolute atomic E-state index is 0.163. The second-order valence-electron chi connectivity index (χ2n) is 8.65. The van der Waals surface area contributed by atoms with Crippen molar-refractivity contribution in [1.29, 1.82) is 0 Å². The average molecular weight is 438 g/mol. The zero-order valence-corrected chi connectivity index (χ0v) is 20.1. The molecule has 32 heavy (non-hydrogen) atoms. The Morgan fingerprint density at radius 1 is 1.12 bits per heavy atom. The Bertz CT molecular complexity index is 861. The summed E-state index contributed by atoms with van der Waals surface area (Å²) in [5, 5.41) is 6.94. The Balaban J connectivity index is 1.62. The van der Waals surface area contributed by atoms with Crippen molar-refractivity contribution >= 4 is 11.6 Å². The lowest BCUT2D eigenvalue weighted by Crippen LogP contribution is -2.38. The zero-order valence-electron chi connectivity index (χ0n) is 20.1. The number of ether oxygens (including phenoxy) is 1. The summed E-state index contributed by atoms with van der Waals surface area (Å²) in [4.78, 5) is 9.41. The summed E-state index contributed by atoms with van der Waals surface area (Å²) in [7, 11) is 4.10. The van der Waals surface area contributed by atoms with Gasteiger partial charge in [-0.15, -0.1) is 0 Å². The van der Waals surface area contributed by atoms with E-state index < -0.39 is 0 Å². The molecule has 1 saturated heterocycles. The Morgan fingerprint density at radius 2 is 1.91 bits per heavy atom. The topological polar surface area (TPSA) is 52.1 Å². The molecule has 1 aliphatic heterocycles. The van der Waals surface area contributed by atoms with Gasteiger partial charge in [-0.25, -0.2) is 4.99 Å². The molecule has 1 aliphatic rings. The SMILES string of the molecule is CCNC(=NCc1cccc(OCCN(C)C)c1)NC(C)c1cccc(N2CCCC2)c1. The third-order valence-corrected chi connectivity index (χ3v) is 5.66. The van der Waals surface area contributed by atoms with Crippen molar-refractivity contribution in [2.75, 3.05) is 51.8 Å². The van der Waals surface area contributed by atoms with Crippen LogP contribution in [0.1, 0.15) is 43.9 Å². The molecule has 0 spiro atoms. The Morgan fingerprint density at radius 3 is 2.66 bits per heavy atom. The summed E-state index contributed by atoms with van der Waals surface area (Å²) in [6.45, 7) is 9.59. The van der Waals surface area contributed by atoms with Crippen LogP contribution in [0, 0.1) is 0 Å². The van der Waals surface area contributed by atoms with Gasteiger partial charge in [0, 0.05) is 31.9 Å². The van der Waals surface area contributed by atoms with E-state index >= 15 is 0 Å². The van der Waals surface area contributed by atoms with Gasteiger partial charge in [0.15, 0.2) is 5.96 Å². The van der Waals surface area contributed by atoms with Gasteiger partial charge in [-0.2, -0.15) is 0 Å². The van der Waals surface area contributed by atoms with Gasteiger partial charge >= 0.3 is 0 Å². The van der Waals surface area contributed by atoms with Crippen molar-refractivity contribution in [2.45, 2.75) is 39.3 Å². The molecule has 1 fully saturated rings. The highest BCUT2D eigenvalue weighted by Crippen LogP contribution is 2.24. The molecule has 6 heteroatoms. The number of guanidine groups is 1. The van der Waals surface area contributed by atoms with Crippen molar-refractivity contribution in [3.8, 4) is 5.75 Å². The first-order chi connectivity index (χ1) is 15.5. The molecule has 2 aromatic rings. The van der Waals surface area contributed by atoms with E-state index in [2.05, 4.69) is 70.7 Å². The summed E-state index contributed by atoms with van der Waals surface area (Å²) in [5.74, 6) is 1.72. The zero-order chi connectivity index (χ0) is 22.8. The summed E-state index contributed by atoms with van der Waals surface area (Å²) in [6.07, 6.45) is 2.58. The van der Waals surface area contributed by atoms with Crippen LogP contribution < -0.4 is 20.3 Å². The molecule has 0 aliphatic carbocycles. The minimum Gasteiger partial charge on any atom is -0.492 e. The van der Waals surface area contributed by atoms with Crippen LogP contribution in [0.5, 0.6) is 5.75 Å². The number of nitrogens with zero attached hydrogens (tertiary/aromatic N) is 3. The molecule has 0 saturated carbocycles. The van der Waals surface area contributed by atoms with Crippen LogP contribution in [-0.2, 0) is 6.54 Å². The van der Waals surface area contributed by atoms with Gasteiger partial charge in [-0.1, -0.05) is 24.3 Å². The molecule has 0 bridgehead atoms. The first kappa shape index (κ1) is 23.9. The van der Waals surface area contributed by atoms with Gasteiger partial charge in [0.05, 0.1) is 12.6 Å². The van der Waals surface area contributed by atoms with E-state index in [0.29, 0.717) is 13.2 Å². The number of hydrogen-bond donors (Lipinski definition) is 2. The maximum atomic E-state index is 5.86. The fraction of sp³-hybridized carbons (Fsp3) is 0.500. The molecule has 2 N–H and O–H groups in total. The van der Waals surface area contributed by atoms with E-state index in [0.717, 1.165) is 43.5 Å². The van der Waals surface area contributed by atoms with E-state index in [9.17, 15) is 0 Å². The van der Waals surface area contributed by atoms with Crippen LogP contribution in [0.15, 0.2) is 53.5 Å². The van der Waals surface area contributed by atoms with Gasteiger partial charge in [0.2, 0.25) is 0 Å². The molecule has 2 aromatic carbocycles. The van der Waals surface area contributed by atoms with Crippen LogP contribution in [0.2, 0.25) is 0 Å². The Labute approximate surface area is 193 Å². The second kappa shape index (κ2) is 12.3. The predicted molar refractivity (Wildman–Crippen MR) is 135 cm³/mol. The first-order valence-corrected chi connectivity index (χ1v) is 11.8. The van der Waals surface area contributed by atoms with Crippen LogP contribution in [0.25, 0.3) is 0 Å². The molecule has 0 aromatic heterocycles.